The molecule has 2 heteroatoms. The van der Waals surface area contributed by atoms with Gasteiger partial charge in [-0.25, -0.2) is 0 Å². The maximum absolute atomic E-state index is 3.69. The highest BCUT2D eigenvalue weighted by atomic mass is 31.0. The Morgan fingerprint density at radius 1 is 1.22 bits per heavy atom. The molecular weight excluding hydrogens is 405 g/mol. The first kappa shape index (κ1) is 26.3. The molecule has 32 heavy (non-hydrogen) atoms. The first-order valence-electron chi connectivity index (χ1n) is 12.0. The minimum atomic E-state index is 0.423. The van der Waals surface area contributed by atoms with Crippen LogP contribution in [0.2, 0.25) is 0 Å². The van der Waals surface area contributed by atoms with Gasteiger partial charge in [-0.2, -0.15) is 0 Å². The summed E-state index contributed by atoms with van der Waals surface area (Å²) < 4.78 is 0. The van der Waals surface area contributed by atoms with Crippen molar-refractivity contribution in [1.29, 1.82) is 0 Å². The Morgan fingerprint density at radius 2 is 1.97 bits per heavy atom. The monoisotopic (exact) mass is 447 g/mol. The normalized spacial score (nSPS) is 17.8. The van der Waals surface area contributed by atoms with E-state index in [0.29, 0.717) is 5.92 Å². The average Bonchev–Trinajstić information content (AvgIpc) is 3.20. The highest BCUT2D eigenvalue weighted by Gasteiger charge is 2.18. The largest absolute Gasteiger partial charge is 0.301 e. The fraction of sp³-hybridized carbons (Fsp3) is 0.400. The second kappa shape index (κ2) is 14.2. The van der Waals surface area contributed by atoms with Crippen LogP contribution in [0, 0.1) is 6.92 Å². The third kappa shape index (κ3) is 8.89. The van der Waals surface area contributed by atoms with Gasteiger partial charge in [0.25, 0.3) is 0 Å². The van der Waals surface area contributed by atoms with Gasteiger partial charge in [-0.05, 0) is 81.5 Å². The summed E-state index contributed by atoms with van der Waals surface area (Å²) in [6.07, 6.45) is 13.4. The van der Waals surface area contributed by atoms with E-state index in [1.165, 1.54) is 66.3 Å². The van der Waals surface area contributed by atoms with Gasteiger partial charge in [0, 0.05) is 12.0 Å². The molecule has 0 amide bonds. The lowest BCUT2D eigenvalue weighted by molar-refractivity contribution is 0.265. The Hall–Kier alpha value is -1.95. The zero-order valence-electron chi connectivity index (χ0n) is 20.6. The quantitative estimate of drug-likeness (QED) is 0.301. The molecule has 2 aromatic rings. The average molecular weight is 448 g/mol. The van der Waals surface area contributed by atoms with E-state index in [9.17, 15) is 0 Å². The molecule has 0 bridgehead atoms. The number of likely N-dealkylation sites (tertiary alicyclic amines) is 1. The van der Waals surface area contributed by atoms with Crippen molar-refractivity contribution in [2.75, 3.05) is 13.1 Å². The molecule has 1 nitrogen and oxygen atoms in total. The predicted molar refractivity (Wildman–Crippen MR) is 147 cm³/mol. The summed E-state index contributed by atoms with van der Waals surface area (Å²) in [6, 6.07) is 18.3. The summed E-state index contributed by atoms with van der Waals surface area (Å²) in [5, 5.41) is 1.22. The summed E-state index contributed by atoms with van der Waals surface area (Å²) in [5.74, 6) is 0.423. The predicted octanol–water partition coefficient (Wildman–Crippen LogP) is 7.39. The number of benzene rings is 2. The lowest BCUT2D eigenvalue weighted by atomic mass is 9.92. The molecular formula is C30H42NP. The first-order chi connectivity index (χ1) is 15.4. The summed E-state index contributed by atoms with van der Waals surface area (Å²) in [4.78, 5) is 2.63. The minimum Gasteiger partial charge on any atom is -0.301 e. The number of hydrogen-bond acceptors (Lipinski definition) is 1. The fourth-order valence-electron chi connectivity index (χ4n) is 4.33. The van der Waals surface area contributed by atoms with Crippen molar-refractivity contribution in [3.8, 4) is 0 Å². The van der Waals surface area contributed by atoms with Crippen molar-refractivity contribution < 1.29 is 0 Å². The van der Waals surface area contributed by atoms with Crippen molar-refractivity contribution in [3.05, 3.63) is 102 Å². The summed E-state index contributed by atoms with van der Waals surface area (Å²) in [7, 11) is 2.71. The molecule has 0 aliphatic carbocycles. The van der Waals surface area contributed by atoms with Crippen molar-refractivity contribution in [3.63, 3.8) is 0 Å². The van der Waals surface area contributed by atoms with Crippen molar-refractivity contribution in [2.24, 2.45) is 0 Å². The molecule has 3 atom stereocenters. The van der Waals surface area contributed by atoms with Crippen molar-refractivity contribution in [1.82, 2.24) is 4.90 Å². The van der Waals surface area contributed by atoms with Gasteiger partial charge in [-0.15, -0.1) is 9.24 Å². The van der Waals surface area contributed by atoms with E-state index in [2.05, 4.69) is 109 Å². The molecule has 0 saturated carbocycles. The SMILES string of the molecule is C=C/C=C\C(=C/C)C(C)c1ccc(P)cc1.Cc1cccc(CCCN2CCC[C@H]2C)c1. The van der Waals surface area contributed by atoms with Crippen LogP contribution in [-0.4, -0.2) is 24.0 Å². The molecule has 2 aromatic carbocycles. The molecule has 2 unspecified atom stereocenters. The Balaban J connectivity index is 0.000000227. The van der Waals surface area contributed by atoms with Gasteiger partial charge < -0.3 is 4.90 Å². The van der Waals surface area contributed by atoms with Gasteiger partial charge in [-0.3, -0.25) is 0 Å². The molecule has 0 N–H and O–H groups in total. The van der Waals surface area contributed by atoms with Crippen molar-refractivity contribution in [2.45, 2.75) is 65.3 Å². The maximum atomic E-state index is 3.69. The van der Waals surface area contributed by atoms with E-state index in [4.69, 9.17) is 0 Å². The molecule has 1 aliphatic rings. The molecule has 172 valence electrons. The molecule has 3 rings (SSSR count). The van der Waals surface area contributed by atoms with E-state index < -0.39 is 0 Å². The zero-order valence-corrected chi connectivity index (χ0v) is 21.7. The number of nitrogens with zero attached hydrogens (tertiary/aromatic N) is 1. The van der Waals surface area contributed by atoms with E-state index in [0.717, 1.165) is 6.04 Å². The maximum Gasteiger partial charge on any atom is 0.00674 e. The highest BCUT2D eigenvalue weighted by Crippen LogP contribution is 2.24. The van der Waals surface area contributed by atoms with E-state index >= 15 is 0 Å². The molecule has 1 fully saturated rings. The number of hydrogen-bond donors (Lipinski definition) is 0. The molecule has 1 saturated heterocycles. The van der Waals surface area contributed by atoms with Gasteiger partial charge in [0.15, 0.2) is 0 Å². The van der Waals surface area contributed by atoms with Crippen LogP contribution >= 0.6 is 9.24 Å². The molecule has 1 aliphatic heterocycles. The van der Waals surface area contributed by atoms with Gasteiger partial charge in [0.05, 0.1) is 0 Å². The van der Waals surface area contributed by atoms with Crippen LogP contribution < -0.4 is 5.30 Å². The lowest BCUT2D eigenvalue weighted by Crippen LogP contribution is -2.28. The number of allylic oxidation sites excluding steroid dienone is 5. The second-order valence-corrected chi connectivity index (χ2v) is 9.56. The van der Waals surface area contributed by atoms with Gasteiger partial charge in [0.2, 0.25) is 0 Å². The van der Waals surface area contributed by atoms with Crippen LogP contribution in [0.15, 0.2) is 85.0 Å². The molecule has 0 spiro atoms. The molecule has 0 aromatic heterocycles. The number of aryl methyl sites for hydroxylation is 2. The molecule has 0 radical (unpaired) electrons. The fourth-order valence-corrected chi connectivity index (χ4v) is 4.52. The second-order valence-electron chi connectivity index (χ2n) is 8.89. The Bertz CT molecular complexity index is 878. The first-order valence-corrected chi connectivity index (χ1v) is 12.6. The van der Waals surface area contributed by atoms with Crippen LogP contribution in [0.1, 0.15) is 62.6 Å². The third-order valence-corrected chi connectivity index (χ3v) is 6.76. The van der Waals surface area contributed by atoms with Crippen LogP contribution in [0.25, 0.3) is 0 Å². The van der Waals surface area contributed by atoms with Crippen molar-refractivity contribution >= 4 is 14.5 Å². The van der Waals surface area contributed by atoms with E-state index in [-0.39, 0.29) is 0 Å². The summed E-state index contributed by atoms with van der Waals surface area (Å²) in [6.45, 7) is 15.1. The van der Waals surface area contributed by atoms with Crippen LogP contribution in [0.5, 0.6) is 0 Å². The third-order valence-electron chi connectivity index (χ3n) is 6.38. The molecule has 1 heterocycles. The standard InChI is InChI=1S/C15H23N.C15H19P/c1-13-6-3-8-15(12-13)9-5-11-16-10-4-7-14(16)2;1-4-6-7-13(5-2)12(3)14-8-10-15(16)11-9-14/h3,6,8,12,14H,4-5,7,9-11H2,1-2H3;4-12H,1,16H2,2-3H3/b;7-6-,13-5+/t14-;/m1./s1. The Morgan fingerprint density at radius 3 is 2.56 bits per heavy atom. The zero-order chi connectivity index (χ0) is 23.3. The van der Waals surface area contributed by atoms with Crippen LogP contribution in [-0.2, 0) is 6.42 Å². The van der Waals surface area contributed by atoms with E-state index in [1.807, 2.05) is 12.2 Å². The highest BCUT2D eigenvalue weighted by molar-refractivity contribution is 7.27. The topological polar surface area (TPSA) is 3.24 Å². The van der Waals surface area contributed by atoms with Gasteiger partial charge in [-0.1, -0.05) is 91.9 Å². The van der Waals surface area contributed by atoms with Crippen LogP contribution in [0.4, 0.5) is 0 Å². The summed E-state index contributed by atoms with van der Waals surface area (Å²) in [5.41, 5.74) is 5.53. The minimum absolute atomic E-state index is 0.423. The smallest absolute Gasteiger partial charge is 0.00674 e. The Kier molecular flexibility index (Phi) is 11.7. The lowest BCUT2D eigenvalue weighted by Gasteiger charge is -2.20. The van der Waals surface area contributed by atoms with E-state index in [1.54, 1.807) is 0 Å². The number of rotatable bonds is 8. The van der Waals surface area contributed by atoms with Crippen LogP contribution in [0.3, 0.4) is 0 Å². The van der Waals surface area contributed by atoms with Gasteiger partial charge >= 0.3 is 0 Å². The Labute approximate surface area is 199 Å². The summed E-state index contributed by atoms with van der Waals surface area (Å²) >= 11 is 0. The van der Waals surface area contributed by atoms with Gasteiger partial charge in [0.1, 0.15) is 0 Å².